The second-order valence-electron chi connectivity index (χ2n) is 7.24. The Morgan fingerprint density at radius 3 is 2.54 bits per heavy atom. The number of likely N-dealkylation sites (tertiary alicyclic amines) is 1. The van der Waals surface area contributed by atoms with E-state index in [-0.39, 0.29) is 12.5 Å². The summed E-state index contributed by atoms with van der Waals surface area (Å²) in [5, 5.41) is 2.94. The summed E-state index contributed by atoms with van der Waals surface area (Å²) in [5.41, 5.74) is 1.28. The summed E-state index contributed by atoms with van der Waals surface area (Å²) >= 11 is 0. The van der Waals surface area contributed by atoms with Gasteiger partial charge in [0.2, 0.25) is 0 Å². The molecule has 0 saturated carbocycles. The van der Waals surface area contributed by atoms with Crippen LogP contribution in [-0.2, 0) is 4.79 Å². The molecule has 1 aliphatic heterocycles. The van der Waals surface area contributed by atoms with Gasteiger partial charge in [-0.1, -0.05) is 32.9 Å². The molecule has 0 atom stereocenters. The highest BCUT2D eigenvalue weighted by Gasteiger charge is 2.14. The van der Waals surface area contributed by atoms with Crippen molar-refractivity contribution in [3.63, 3.8) is 0 Å². The van der Waals surface area contributed by atoms with Crippen molar-refractivity contribution >= 4 is 5.91 Å². The van der Waals surface area contributed by atoms with E-state index in [1.807, 2.05) is 12.1 Å². The molecule has 134 valence electrons. The van der Waals surface area contributed by atoms with Gasteiger partial charge in [0.15, 0.2) is 6.61 Å². The van der Waals surface area contributed by atoms with Gasteiger partial charge in [-0.3, -0.25) is 4.79 Å². The first kappa shape index (κ1) is 18.8. The maximum Gasteiger partial charge on any atom is 0.257 e. The molecule has 0 aromatic heterocycles. The van der Waals surface area contributed by atoms with E-state index in [1.165, 1.54) is 31.5 Å². The van der Waals surface area contributed by atoms with Gasteiger partial charge in [-0.05, 0) is 68.4 Å². The van der Waals surface area contributed by atoms with E-state index in [4.69, 9.17) is 4.74 Å². The predicted octanol–water partition coefficient (Wildman–Crippen LogP) is 3.43. The molecule has 0 spiro atoms. The second kappa shape index (κ2) is 9.67. The maximum atomic E-state index is 11.8. The summed E-state index contributed by atoms with van der Waals surface area (Å²) in [7, 11) is 0. The third-order valence-electron chi connectivity index (χ3n) is 4.77. The molecule has 1 fully saturated rings. The van der Waals surface area contributed by atoms with E-state index in [0.29, 0.717) is 5.92 Å². The molecule has 0 unspecified atom stereocenters. The normalized spacial score (nSPS) is 16.3. The number of carbonyl (C=O) groups is 1. The number of ether oxygens (including phenoxy) is 1. The van der Waals surface area contributed by atoms with Gasteiger partial charge in [-0.15, -0.1) is 0 Å². The molecule has 1 saturated heterocycles. The van der Waals surface area contributed by atoms with Crippen molar-refractivity contribution in [1.82, 2.24) is 10.2 Å². The van der Waals surface area contributed by atoms with Crippen molar-refractivity contribution in [2.45, 2.75) is 46.0 Å². The number of piperidine rings is 1. The Morgan fingerprint density at radius 1 is 1.25 bits per heavy atom. The second-order valence-corrected chi connectivity index (χ2v) is 7.24. The molecule has 4 nitrogen and oxygen atoms in total. The van der Waals surface area contributed by atoms with Crippen LogP contribution in [0.2, 0.25) is 0 Å². The van der Waals surface area contributed by atoms with Crippen LogP contribution >= 0.6 is 0 Å². The van der Waals surface area contributed by atoms with Gasteiger partial charge in [0, 0.05) is 6.54 Å². The molecule has 1 aromatic carbocycles. The quantitative estimate of drug-likeness (QED) is 0.742. The van der Waals surface area contributed by atoms with Crippen molar-refractivity contribution in [1.29, 1.82) is 0 Å². The Labute approximate surface area is 146 Å². The SMILES string of the molecule is CC1CCN(CCCNC(=O)COc2ccc(C(C)C)cc2)CC1. The van der Waals surface area contributed by atoms with Gasteiger partial charge in [0.25, 0.3) is 5.91 Å². The number of hydrogen-bond donors (Lipinski definition) is 1. The summed E-state index contributed by atoms with van der Waals surface area (Å²) in [4.78, 5) is 14.3. The third-order valence-corrected chi connectivity index (χ3v) is 4.77. The molecular formula is C20H32N2O2. The van der Waals surface area contributed by atoms with Crippen LogP contribution in [-0.4, -0.2) is 43.6 Å². The molecule has 0 aliphatic carbocycles. The largest absolute Gasteiger partial charge is 0.484 e. The highest BCUT2D eigenvalue weighted by Crippen LogP contribution is 2.18. The molecule has 1 aliphatic rings. The summed E-state index contributed by atoms with van der Waals surface area (Å²) in [6, 6.07) is 7.97. The number of carbonyl (C=O) groups excluding carboxylic acids is 1. The minimum atomic E-state index is -0.0461. The van der Waals surface area contributed by atoms with E-state index in [1.54, 1.807) is 0 Å². The summed E-state index contributed by atoms with van der Waals surface area (Å²) < 4.78 is 5.54. The number of nitrogens with zero attached hydrogens (tertiary/aromatic N) is 1. The lowest BCUT2D eigenvalue weighted by Crippen LogP contribution is -2.36. The van der Waals surface area contributed by atoms with E-state index in [0.717, 1.165) is 31.2 Å². The molecule has 4 heteroatoms. The van der Waals surface area contributed by atoms with Crippen molar-refractivity contribution in [2.75, 3.05) is 32.8 Å². The maximum absolute atomic E-state index is 11.8. The smallest absolute Gasteiger partial charge is 0.257 e. The average molecular weight is 332 g/mol. The lowest BCUT2D eigenvalue weighted by atomic mass is 9.99. The fraction of sp³-hybridized carbons (Fsp3) is 0.650. The van der Waals surface area contributed by atoms with Gasteiger partial charge < -0.3 is 15.0 Å². The van der Waals surface area contributed by atoms with Crippen LogP contribution in [0, 0.1) is 5.92 Å². The van der Waals surface area contributed by atoms with Gasteiger partial charge >= 0.3 is 0 Å². The topological polar surface area (TPSA) is 41.6 Å². The fourth-order valence-corrected chi connectivity index (χ4v) is 2.97. The molecular weight excluding hydrogens is 300 g/mol. The lowest BCUT2D eigenvalue weighted by molar-refractivity contribution is -0.123. The number of nitrogens with one attached hydrogen (secondary N) is 1. The highest BCUT2D eigenvalue weighted by molar-refractivity contribution is 5.77. The Bertz CT molecular complexity index is 491. The van der Waals surface area contributed by atoms with E-state index >= 15 is 0 Å². The van der Waals surface area contributed by atoms with Gasteiger partial charge in [0.1, 0.15) is 5.75 Å². The first-order valence-corrected chi connectivity index (χ1v) is 9.26. The zero-order valence-electron chi connectivity index (χ0n) is 15.4. The Balaban J connectivity index is 1.56. The first-order valence-electron chi connectivity index (χ1n) is 9.26. The van der Waals surface area contributed by atoms with E-state index < -0.39 is 0 Å². The summed E-state index contributed by atoms with van der Waals surface area (Å²) in [5.74, 6) is 2.07. The average Bonchev–Trinajstić information content (AvgIpc) is 2.59. The molecule has 0 radical (unpaired) electrons. The summed E-state index contributed by atoms with van der Waals surface area (Å²) in [6.07, 6.45) is 3.61. The standard InChI is InChI=1S/C20H32N2O2/c1-16(2)18-5-7-19(8-6-18)24-15-20(23)21-11-4-12-22-13-9-17(3)10-14-22/h5-8,16-17H,4,9-15H2,1-3H3,(H,21,23). The minimum absolute atomic E-state index is 0.0461. The minimum Gasteiger partial charge on any atom is -0.484 e. The summed E-state index contributed by atoms with van der Waals surface area (Å²) in [6.45, 7) is 10.9. The van der Waals surface area contributed by atoms with Crippen molar-refractivity contribution in [3.05, 3.63) is 29.8 Å². The predicted molar refractivity (Wildman–Crippen MR) is 98.5 cm³/mol. The van der Waals surface area contributed by atoms with E-state index in [9.17, 15) is 4.79 Å². The van der Waals surface area contributed by atoms with Crippen LogP contribution in [0.3, 0.4) is 0 Å². The first-order chi connectivity index (χ1) is 11.5. The molecule has 1 aromatic rings. The van der Waals surface area contributed by atoms with Crippen LogP contribution in [0.15, 0.2) is 24.3 Å². The van der Waals surface area contributed by atoms with Crippen LogP contribution in [0.5, 0.6) is 5.75 Å². The fourth-order valence-electron chi connectivity index (χ4n) is 2.97. The highest BCUT2D eigenvalue weighted by atomic mass is 16.5. The molecule has 1 amide bonds. The van der Waals surface area contributed by atoms with Crippen molar-refractivity contribution < 1.29 is 9.53 Å². The van der Waals surface area contributed by atoms with Gasteiger partial charge in [0.05, 0.1) is 0 Å². The monoisotopic (exact) mass is 332 g/mol. The molecule has 1 N–H and O–H groups in total. The van der Waals surface area contributed by atoms with Crippen molar-refractivity contribution in [2.24, 2.45) is 5.92 Å². The van der Waals surface area contributed by atoms with Crippen LogP contribution in [0.4, 0.5) is 0 Å². The zero-order valence-corrected chi connectivity index (χ0v) is 15.4. The lowest BCUT2D eigenvalue weighted by Gasteiger charge is -2.30. The number of amides is 1. The van der Waals surface area contributed by atoms with E-state index in [2.05, 4.69) is 43.1 Å². The van der Waals surface area contributed by atoms with Gasteiger partial charge in [-0.25, -0.2) is 0 Å². The molecule has 1 heterocycles. The third kappa shape index (κ3) is 6.52. The van der Waals surface area contributed by atoms with Crippen LogP contribution in [0.25, 0.3) is 0 Å². The number of benzene rings is 1. The molecule has 24 heavy (non-hydrogen) atoms. The molecule has 2 rings (SSSR count). The van der Waals surface area contributed by atoms with Crippen LogP contribution < -0.4 is 10.1 Å². The molecule has 0 bridgehead atoms. The van der Waals surface area contributed by atoms with Gasteiger partial charge in [-0.2, -0.15) is 0 Å². The number of rotatable bonds is 8. The Hall–Kier alpha value is -1.55. The zero-order chi connectivity index (χ0) is 17.4. The number of hydrogen-bond acceptors (Lipinski definition) is 3. The van der Waals surface area contributed by atoms with Crippen molar-refractivity contribution in [3.8, 4) is 5.75 Å². The Kier molecular flexibility index (Phi) is 7.57. The Morgan fingerprint density at radius 2 is 1.92 bits per heavy atom. The van der Waals surface area contributed by atoms with Crippen LogP contribution in [0.1, 0.15) is 51.5 Å².